The molecule has 1 aliphatic heterocycles. The number of fused-ring (bicyclic) bond motifs is 1. The van der Waals surface area contributed by atoms with Crippen LogP contribution in [0.25, 0.3) is 0 Å². The highest BCUT2D eigenvalue weighted by Crippen LogP contribution is 2.40. The molecule has 2 rings (SSSR count). The van der Waals surface area contributed by atoms with Gasteiger partial charge in [0.05, 0.1) is 14.9 Å². The van der Waals surface area contributed by atoms with Gasteiger partial charge in [-0.3, -0.25) is 14.5 Å². The van der Waals surface area contributed by atoms with Crippen LogP contribution in [-0.4, -0.2) is 23.3 Å². The molecule has 0 aliphatic carbocycles. The maximum atomic E-state index is 13.1. The smallest absolute Gasteiger partial charge is 0.263 e. The first kappa shape index (κ1) is 25.6. The number of halogens is 1. The Hall–Kier alpha value is -0.680. The fourth-order valence-electron chi connectivity index (χ4n) is 4.83. The molecule has 1 aromatic rings. The second-order valence-electron chi connectivity index (χ2n) is 9.22. The Balaban J connectivity index is 2.09. The first-order valence-electron chi connectivity index (χ1n) is 12.0. The number of nitrogens with zero attached hydrogens (tertiary/aromatic N) is 1. The average Bonchev–Trinajstić information content (AvgIpc) is 3.14. The molecule has 1 aliphatic rings. The molecule has 0 aromatic carbocycles. The maximum Gasteiger partial charge on any atom is 0.263 e. The standard InChI is InChI=1S/C25H40BrNO2S/c1-6-8-10-11-13-15-18(4)20(17(3)14-12-9-7-2)16-27-24(28)21-19(5)30-23(26)22(21)25(27)29/h17-18,20H,6-16H2,1-5H3. The van der Waals surface area contributed by atoms with Gasteiger partial charge >= 0.3 is 0 Å². The van der Waals surface area contributed by atoms with Crippen molar-refractivity contribution in [1.82, 2.24) is 4.90 Å². The predicted molar refractivity (Wildman–Crippen MR) is 131 cm³/mol. The van der Waals surface area contributed by atoms with Gasteiger partial charge in [-0.25, -0.2) is 0 Å². The molecule has 3 nitrogen and oxygen atoms in total. The third kappa shape index (κ3) is 6.18. The number of imide groups is 1. The Morgan fingerprint density at radius 1 is 0.833 bits per heavy atom. The van der Waals surface area contributed by atoms with Crippen molar-refractivity contribution in [2.75, 3.05) is 6.54 Å². The molecule has 2 amide bonds. The van der Waals surface area contributed by atoms with Crippen LogP contribution in [0.1, 0.15) is 117 Å². The fourth-order valence-corrected chi connectivity index (χ4v) is 6.78. The molecule has 0 spiro atoms. The molecule has 2 heterocycles. The van der Waals surface area contributed by atoms with Gasteiger partial charge in [0.1, 0.15) is 0 Å². The quantitative estimate of drug-likeness (QED) is 0.191. The van der Waals surface area contributed by atoms with E-state index in [4.69, 9.17) is 0 Å². The van der Waals surface area contributed by atoms with Crippen LogP contribution in [0.3, 0.4) is 0 Å². The molecule has 0 N–H and O–H groups in total. The normalized spacial score (nSPS) is 16.8. The van der Waals surface area contributed by atoms with Gasteiger partial charge in [-0.15, -0.1) is 11.3 Å². The first-order chi connectivity index (χ1) is 14.3. The summed E-state index contributed by atoms with van der Waals surface area (Å²) in [5.74, 6) is 1.21. The molecule has 0 bridgehead atoms. The Kier molecular flexibility index (Phi) is 10.6. The molecule has 170 valence electrons. The van der Waals surface area contributed by atoms with Crippen LogP contribution in [0.2, 0.25) is 0 Å². The number of hydrogen-bond donors (Lipinski definition) is 0. The molecule has 0 saturated heterocycles. The zero-order chi connectivity index (χ0) is 22.3. The zero-order valence-corrected chi connectivity index (χ0v) is 22.0. The maximum absolute atomic E-state index is 13.1. The van der Waals surface area contributed by atoms with E-state index in [-0.39, 0.29) is 11.8 Å². The first-order valence-corrected chi connectivity index (χ1v) is 13.6. The van der Waals surface area contributed by atoms with Gasteiger partial charge in [0.15, 0.2) is 0 Å². The Labute approximate surface area is 196 Å². The molecule has 3 atom stereocenters. The molecule has 0 fully saturated rings. The third-order valence-electron chi connectivity index (χ3n) is 6.84. The van der Waals surface area contributed by atoms with Gasteiger partial charge in [0.2, 0.25) is 0 Å². The van der Waals surface area contributed by atoms with Gasteiger partial charge < -0.3 is 0 Å². The molecule has 0 saturated carbocycles. The van der Waals surface area contributed by atoms with Crippen molar-refractivity contribution >= 4 is 39.1 Å². The minimum atomic E-state index is -0.105. The topological polar surface area (TPSA) is 37.4 Å². The molecular weight excluding hydrogens is 458 g/mol. The van der Waals surface area contributed by atoms with Gasteiger partial charge in [-0.2, -0.15) is 0 Å². The van der Waals surface area contributed by atoms with Crippen molar-refractivity contribution in [2.45, 2.75) is 98.8 Å². The van der Waals surface area contributed by atoms with Gasteiger partial charge in [0, 0.05) is 11.4 Å². The van der Waals surface area contributed by atoms with E-state index in [1.807, 2.05) is 6.92 Å². The summed E-state index contributed by atoms with van der Waals surface area (Å²) in [7, 11) is 0. The molecule has 0 radical (unpaired) electrons. The second-order valence-corrected chi connectivity index (χ2v) is 11.8. The largest absolute Gasteiger partial charge is 0.274 e. The van der Waals surface area contributed by atoms with Gasteiger partial charge in [-0.1, -0.05) is 91.9 Å². The van der Waals surface area contributed by atoms with Crippen LogP contribution < -0.4 is 0 Å². The van der Waals surface area contributed by atoms with Crippen LogP contribution in [0, 0.1) is 24.7 Å². The number of carbonyl (C=O) groups is 2. The van der Waals surface area contributed by atoms with Crippen molar-refractivity contribution in [3.8, 4) is 0 Å². The van der Waals surface area contributed by atoms with Crippen molar-refractivity contribution in [1.29, 1.82) is 0 Å². The second kappa shape index (κ2) is 12.4. The van der Waals surface area contributed by atoms with E-state index in [0.29, 0.717) is 35.4 Å². The molecule has 1 aromatic heterocycles. The summed E-state index contributed by atoms with van der Waals surface area (Å²) in [5.41, 5.74) is 1.22. The third-order valence-corrected chi connectivity index (χ3v) is 8.62. The number of unbranched alkanes of at least 4 members (excludes halogenated alkanes) is 6. The van der Waals surface area contributed by atoms with E-state index < -0.39 is 0 Å². The van der Waals surface area contributed by atoms with E-state index in [9.17, 15) is 9.59 Å². The highest BCUT2D eigenvalue weighted by atomic mass is 79.9. The summed E-state index contributed by atoms with van der Waals surface area (Å²) in [6.07, 6.45) is 12.5. The van der Waals surface area contributed by atoms with E-state index >= 15 is 0 Å². The van der Waals surface area contributed by atoms with Crippen LogP contribution in [0.5, 0.6) is 0 Å². The van der Waals surface area contributed by atoms with Crippen LogP contribution in [-0.2, 0) is 0 Å². The number of carbonyl (C=O) groups excluding carboxylic acids is 2. The minimum absolute atomic E-state index is 0.0876. The summed E-state index contributed by atoms with van der Waals surface area (Å²) >= 11 is 5.00. The van der Waals surface area contributed by atoms with E-state index in [1.165, 1.54) is 75.5 Å². The van der Waals surface area contributed by atoms with E-state index in [1.54, 1.807) is 4.90 Å². The summed E-state index contributed by atoms with van der Waals surface area (Å²) < 4.78 is 0.798. The van der Waals surface area contributed by atoms with Crippen LogP contribution >= 0.6 is 27.3 Å². The van der Waals surface area contributed by atoms with Crippen LogP contribution in [0.4, 0.5) is 0 Å². The molecule has 30 heavy (non-hydrogen) atoms. The number of rotatable bonds is 14. The SMILES string of the molecule is CCCCCCCC(C)C(CN1C(=O)c2c(C)sc(Br)c2C1=O)C(C)CCCCC. The average molecular weight is 499 g/mol. The molecular formula is C25H40BrNO2S. The van der Waals surface area contributed by atoms with E-state index in [0.717, 1.165) is 8.66 Å². The number of thiophene rings is 1. The van der Waals surface area contributed by atoms with Gasteiger partial charge in [0.25, 0.3) is 11.8 Å². The van der Waals surface area contributed by atoms with Crippen molar-refractivity contribution < 1.29 is 9.59 Å². The monoisotopic (exact) mass is 497 g/mol. The molecule has 5 heteroatoms. The number of amides is 2. The van der Waals surface area contributed by atoms with E-state index in [2.05, 4.69) is 43.6 Å². The lowest BCUT2D eigenvalue weighted by Crippen LogP contribution is -2.39. The molecule has 3 unspecified atom stereocenters. The summed E-state index contributed by atoms with van der Waals surface area (Å²) in [6.45, 7) is 11.6. The summed E-state index contributed by atoms with van der Waals surface area (Å²) in [5, 5.41) is 0. The Morgan fingerprint density at radius 2 is 1.33 bits per heavy atom. The highest BCUT2D eigenvalue weighted by molar-refractivity contribution is 9.11. The fraction of sp³-hybridized carbons (Fsp3) is 0.760. The number of hydrogen-bond acceptors (Lipinski definition) is 3. The lowest BCUT2D eigenvalue weighted by Gasteiger charge is -2.33. The Morgan fingerprint density at radius 3 is 1.90 bits per heavy atom. The Bertz CT molecular complexity index is 678. The summed E-state index contributed by atoms with van der Waals surface area (Å²) in [4.78, 5) is 28.7. The highest BCUT2D eigenvalue weighted by Gasteiger charge is 2.42. The van der Waals surface area contributed by atoms with Crippen molar-refractivity contribution in [3.05, 3.63) is 19.8 Å². The van der Waals surface area contributed by atoms with Crippen LogP contribution in [0.15, 0.2) is 3.79 Å². The zero-order valence-electron chi connectivity index (χ0n) is 19.6. The minimum Gasteiger partial charge on any atom is -0.274 e. The van der Waals surface area contributed by atoms with Crippen molar-refractivity contribution in [2.24, 2.45) is 17.8 Å². The van der Waals surface area contributed by atoms with Gasteiger partial charge in [-0.05, 0) is 40.6 Å². The van der Waals surface area contributed by atoms with Crippen molar-refractivity contribution in [3.63, 3.8) is 0 Å². The lowest BCUT2D eigenvalue weighted by atomic mass is 9.78. The lowest BCUT2D eigenvalue weighted by molar-refractivity contribution is 0.0575. The number of aryl methyl sites for hydroxylation is 1. The summed E-state index contributed by atoms with van der Waals surface area (Å²) in [6, 6.07) is 0. The predicted octanol–water partition coefficient (Wildman–Crippen LogP) is 8.24.